The summed E-state index contributed by atoms with van der Waals surface area (Å²) in [5, 5.41) is 0.262. The first-order chi connectivity index (χ1) is 15.1. The van der Waals surface area contributed by atoms with Gasteiger partial charge in [-0.15, -0.1) is 11.3 Å². The number of nitrogens with zero attached hydrogens (tertiary/aromatic N) is 2. The van der Waals surface area contributed by atoms with E-state index in [0.717, 1.165) is 10.4 Å². The van der Waals surface area contributed by atoms with Crippen molar-refractivity contribution < 1.29 is 22.7 Å². The molecule has 0 bridgehead atoms. The number of fused-ring (bicyclic) bond motifs is 1. The van der Waals surface area contributed by atoms with Crippen LogP contribution in [0, 0.1) is 6.92 Å². The van der Waals surface area contributed by atoms with E-state index in [9.17, 15) is 13.2 Å². The third-order valence-electron chi connectivity index (χ3n) is 4.84. The number of rotatable bonds is 6. The first kappa shape index (κ1) is 22.1. The van der Waals surface area contributed by atoms with Crippen LogP contribution in [0.1, 0.15) is 18.7 Å². The van der Waals surface area contributed by atoms with Crippen molar-refractivity contribution in [1.82, 2.24) is 4.98 Å². The standard InChI is InChI=1S/C22H23N3O5S2/c1-13(2)30-16-6-8-17(9-7-16)32(27,28)24-22-23-21(14(3)31-22)15-5-10-19-18(11-15)25(4)20(26)12-29-19/h5-11,13H,12H2,1-4H3,(H,23,24). The molecule has 2 heterocycles. The summed E-state index contributed by atoms with van der Waals surface area (Å²) in [7, 11) is -2.11. The molecular weight excluding hydrogens is 450 g/mol. The average molecular weight is 474 g/mol. The maximum Gasteiger partial charge on any atom is 0.264 e. The number of hydrogen-bond donors (Lipinski definition) is 1. The summed E-state index contributed by atoms with van der Waals surface area (Å²) in [4.78, 5) is 18.9. The summed E-state index contributed by atoms with van der Waals surface area (Å²) >= 11 is 1.24. The van der Waals surface area contributed by atoms with Gasteiger partial charge in [0, 0.05) is 17.5 Å². The summed E-state index contributed by atoms with van der Waals surface area (Å²) in [6.07, 6.45) is 0.000335. The third kappa shape index (κ3) is 4.42. The minimum absolute atomic E-state index is 0.000335. The summed E-state index contributed by atoms with van der Waals surface area (Å²) in [5.41, 5.74) is 2.06. The van der Waals surface area contributed by atoms with Gasteiger partial charge in [-0.25, -0.2) is 13.4 Å². The van der Waals surface area contributed by atoms with E-state index < -0.39 is 10.0 Å². The molecule has 4 rings (SSSR count). The average Bonchev–Trinajstić information content (AvgIpc) is 3.10. The summed E-state index contributed by atoms with van der Waals surface area (Å²) in [6.45, 7) is 5.68. The van der Waals surface area contributed by atoms with E-state index in [1.807, 2.05) is 32.9 Å². The van der Waals surface area contributed by atoms with Crippen molar-refractivity contribution in [2.45, 2.75) is 31.8 Å². The van der Waals surface area contributed by atoms with Gasteiger partial charge in [-0.1, -0.05) is 0 Å². The molecule has 0 fully saturated rings. The Labute approximate surface area is 190 Å². The predicted molar refractivity (Wildman–Crippen MR) is 124 cm³/mol. The molecule has 1 aliphatic heterocycles. The number of likely N-dealkylation sites (N-methyl/N-ethyl adjacent to an activating group) is 1. The van der Waals surface area contributed by atoms with Crippen LogP contribution in [0.15, 0.2) is 47.4 Å². The highest BCUT2D eigenvalue weighted by Gasteiger charge is 2.24. The molecule has 0 spiro atoms. The Morgan fingerprint density at radius 2 is 1.91 bits per heavy atom. The van der Waals surface area contributed by atoms with E-state index in [0.29, 0.717) is 22.9 Å². The number of amides is 1. The van der Waals surface area contributed by atoms with E-state index in [1.54, 1.807) is 30.1 Å². The second kappa shape index (κ2) is 8.44. The van der Waals surface area contributed by atoms with Gasteiger partial charge in [-0.3, -0.25) is 9.52 Å². The highest BCUT2D eigenvalue weighted by Crippen LogP contribution is 2.38. The van der Waals surface area contributed by atoms with Crippen LogP contribution < -0.4 is 19.1 Å². The Bertz CT molecular complexity index is 1270. The lowest BCUT2D eigenvalue weighted by atomic mass is 10.1. The Kier molecular flexibility index (Phi) is 5.83. The van der Waals surface area contributed by atoms with Crippen molar-refractivity contribution in [3.8, 4) is 22.8 Å². The summed E-state index contributed by atoms with van der Waals surface area (Å²) < 4.78 is 39.2. The molecule has 10 heteroatoms. The van der Waals surface area contributed by atoms with Crippen molar-refractivity contribution >= 4 is 38.1 Å². The van der Waals surface area contributed by atoms with Crippen LogP contribution in [0.5, 0.6) is 11.5 Å². The van der Waals surface area contributed by atoms with E-state index in [1.165, 1.54) is 23.5 Å². The zero-order valence-electron chi connectivity index (χ0n) is 18.1. The number of ether oxygens (including phenoxy) is 2. The Morgan fingerprint density at radius 1 is 1.19 bits per heavy atom. The zero-order valence-corrected chi connectivity index (χ0v) is 19.7. The molecule has 0 saturated carbocycles. The third-order valence-corrected chi connectivity index (χ3v) is 7.21. The number of aromatic nitrogens is 1. The van der Waals surface area contributed by atoms with Gasteiger partial charge in [0.2, 0.25) is 0 Å². The van der Waals surface area contributed by atoms with Gasteiger partial charge >= 0.3 is 0 Å². The Hall–Kier alpha value is -3.11. The van der Waals surface area contributed by atoms with Crippen molar-refractivity contribution in [2.75, 3.05) is 23.3 Å². The molecule has 32 heavy (non-hydrogen) atoms. The van der Waals surface area contributed by atoms with E-state index in [2.05, 4.69) is 9.71 Å². The van der Waals surface area contributed by atoms with Crippen LogP contribution in [0.25, 0.3) is 11.3 Å². The molecule has 0 atom stereocenters. The Balaban J connectivity index is 1.58. The molecule has 168 valence electrons. The molecule has 0 saturated heterocycles. The van der Waals surface area contributed by atoms with Crippen LogP contribution in [0.4, 0.5) is 10.8 Å². The molecule has 2 aromatic carbocycles. The highest BCUT2D eigenvalue weighted by molar-refractivity contribution is 7.93. The molecule has 1 amide bonds. The maximum absolute atomic E-state index is 12.8. The number of hydrogen-bond acceptors (Lipinski definition) is 7. The normalized spacial score (nSPS) is 13.7. The number of aryl methyl sites for hydroxylation is 1. The lowest BCUT2D eigenvalue weighted by Gasteiger charge is -2.26. The monoisotopic (exact) mass is 473 g/mol. The Morgan fingerprint density at radius 3 is 2.59 bits per heavy atom. The number of nitrogens with one attached hydrogen (secondary N) is 1. The molecule has 0 unspecified atom stereocenters. The topological polar surface area (TPSA) is 97.8 Å². The summed E-state index contributed by atoms with van der Waals surface area (Å²) in [5.74, 6) is 1.09. The van der Waals surface area contributed by atoms with Gasteiger partial charge in [0.1, 0.15) is 11.5 Å². The van der Waals surface area contributed by atoms with E-state index in [-0.39, 0.29) is 28.6 Å². The predicted octanol–water partition coefficient (Wildman–Crippen LogP) is 4.06. The first-order valence-corrected chi connectivity index (χ1v) is 12.2. The van der Waals surface area contributed by atoms with Gasteiger partial charge < -0.3 is 14.4 Å². The molecule has 0 aliphatic carbocycles. The molecule has 1 aromatic heterocycles. The number of anilines is 2. The largest absolute Gasteiger partial charge is 0.491 e. The van der Waals surface area contributed by atoms with Gasteiger partial charge in [0.15, 0.2) is 11.7 Å². The SMILES string of the molecule is Cc1sc(NS(=O)(=O)c2ccc(OC(C)C)cc2)nc1-c1ccc2c(c1)N(C)C(=O)CO2. The minimum atomic E-state index is -3.81. The fourth-order valence-corrected chi connectivity index (χ4v) is 5.34. The van der Waals surface area contributed by atoms with E-state index >= 15 is 0 Å². The van der Waals surface area contributed by atoms with Crippen molar-refractivity contribution in [2.24, 2.45) is 0 Å². The fourth-order valence-electron chi connectivity index (χ4n) is 3.27. The molecule has 3 aromatic rings. The number of thiazole rings is 1. The van der Waals surface area contributed by atoms with Crippen molar-refractivity contribution in [1.29, 1.82) is 0 Å². The fraction of sp³-hybridized carbons (Fsp3) is 0.273. The van der Waals surface area contributed by atoms with Crippen LogP contribution in [-0.4, -0.2) is 39.1 Å². The highest BCUT2D eigenvalue weighted by atomic mass is 32.2. The number of benzene rings is 2. The number of carbonyl (C=O) groups is 1. The maximum atomic E-state index is 12.8. The van der Waals surface area contributed by atoms with Gasteiger partial charge in [0.25, 0.3) is 15.9 Å². The number of carbonyl (C=O) groups excluding carboxylic acids is 1. The minimum Gasteiger partial charge on any atom is -0.491 e. The number of sulfonamides is 1. The zero-order chi connectivity index (χ0) is 23.0. The lowest BCUT2D eigenvalue weighted by Crippen LogP contribution is -2.35. The summed E-state index contributed by atoms with van der Waals surface area (Å²) in [6, 6.07) is 11.7. The van der Waals surface area contributed by atoms with Crippen molar-refractivity contribution in [3.63, 3.8) is 0 Å². The molecule has 1 N–H and O–H groups in total. The quantitative estimate of drug-likeness (QED) is 0.580. The van der Waals surface area contributed by atoms with Gasteiger partial charge in [-0.05, 0) is 63.2 Å². The van der Waals surface area contributed by atoms with Crippen LogP contribution in [-0.2, 0) is 14.8 Å². The lowest BCUT2D eigenvalue weighted by molar-refractivity contribution is -0.120. The van der Waals surface area contributed by atoms with E-state index in [4.69, 9.17) is 9.47 Å². The molecule has 1 aliphatic rings. The second-order valence-corrected chi connectivity index (χ2v) is 10.5. The smallest absolute Gasteiger partial charge is 0.264 e. The van der Waals surface area contributed by atoms with Gasteiger partial charge in [0.05, 0.1) is 22.4 Å². The van der Waals surface area contributed by atoms with Crippen LogP contribution in [0.3, 0.4) is 0 Å². The molecule has 8 nitrogen and oxygen atoms in total. The molecule has 0 radical (unpaired) electrons. The van der Waals surface area contributed by atoms with Crippen LogP contribution in [0.2, 0.25) is 0 Å². The van der Waals surface area contributed by atoms with Gasteiger partial charge in [-0.2, -0.15) is 0 Å². The second-order valence-electron chi connectivity index (χ2n) is 7.59. The first-order valence-electron chi connectivity index (χ1n) is 9.95. The molecular formula is C22H23N3O5S2. The van der Waals surface area contributed by atoms with Crippen LogP contribution >= 0.6 is 11.3 Å². The van der Waals surface area contributed by atoms with Crippen molar-refractivity contribution in [3.05, 3.63) is 47.3 Å².